The molecule has 1 rings (SSSR count). The summed E-state index contributed by atoms with van der Waals surface area (Å²) in [4.78, 5) is 0. The second-order valence-electron chi connectivity index (χ2n) is 3.85. The van der Waals surface area contributed by atoms with E-state index in [9.17, 15) is 5.11 Å². The van der Waals surface area contributed by atoms with Gasteiger partial charge in [0, 0.05) is 5.56 Å². The summed E-state index contributed by atoms with van der Waals surface area (Å²) >= 11 is 0. The molecular formula is C13H20O2. The van der Waals surface area contributed by atoms with Gasteiger partial charge in [-0.3, -0.25) is 0 Å². The first-order valence-corrected chi connectivity index (χ1v) is 5.56. The lowest BCUT2D eigenvalue weighted by Gasteiger charge is -2.15. The van der Waals surface area contributed by atoms with Crippen LogP contribution < -0.4 is 4.74 Å². The fourth-order valence-electron chi connectivity index (χ4n) is 1.86. The first-order chi connectivity index (χ1) is 7.11. The number of phenols is 1. The monoisotopic (exact) mass is 208 g/mol. The lowest BCUT2D eigenvalue weighted by atomic mass is 10.0. The molecule has 0 aromatic heterocycles. The molecule has 0 aliphatic heterocycles. The Labute approximate surface area is 91.9 Å². The number of hydrogen-bond acceptors (Lipinski definition) is 2. The third-order valence-electron chi connectivity index (χ3n) is 2.62. The predicted molar refractivity (Wildman–Crippen MR) is 62.7 cm³/mol. The third kappa shape index (κ3) is 2.44. The van der Waals surface area contributed by atoms with Crippen LogP contribution in [0.1, 0.15) is 37.0 Å². The molecule has 84 valence electrons. The van der Waals surface area contributed by atoms with Gasteiger partial charge in [0.25, 0.3) is 0 Å². The zero-order valence-electron chi connectivity index (χ0n) is 10.1. The third-order valence-corrected chi connectivity index (χ3v) is 2.62. The molecule has 0 spiro atoms. The van der Waals surface area contributed by atoms with E-state index >= 15 is 0 Å². The number of benzene rings is 1. The number of aromatic hydroxyl groups is 1. The van der Waals surface area contributed by atoms with Gasteiger partial charge < -0.3 is 9.84 Å². The number of phenolic OH excluding ortho intramolecular Hbond substituents is 1. The maximum absolute atomic E-state index is 9.77. The van der Waals surface area contributed by atoms with Gasteiger partial charge in [-0.2, -0.15) is 0 Å². The van der Waals surface area contributed by atoms with Crippen molar-refractivity contribution in [1.82, 2.24) is 0 Å². The molecule has 0 bridgehead atoms. The lowest BCUT2D eigenvalue weighted by molar-refractivity contribution is 0.312. The van der Waals surface area contributed by atoms with E-state index < -0.39 is 0 Å². The summed E-state index contributed by atoms with van der Waals surface area (Å²) in [5, 5.41) is 9.77. The van der Waals surface area contributed by atoms with E-state index in [1.54, 1.807) is 6.07 Å². The van der Waals surface area contributed by atoms with Crippen molar-refractivity contribution in [2.75, 3.05) is 6.61 Å². The minimum Gasteiger partial charge on any atom is -0.508 e. The van der Waals surface area contributed by atoms with Gasteiger partial charge in [0.05, 0.1) is 6.61 Å². The summed E-state index contributed by atoms with van der Waals surface area (Å²) in [6.45, 7) is 8.84. The van der Waals surface area contributed by atoms with Crippen LogP contribution in [0.4, 0.5) is 0 Å². The van der Waals surface area contributed by atoms with Crippen LogP contribution in [0.15, 0.2) is 6.07 Å². The Morgan fingerprint density at radius 2 is 1.93 bits per heavy atom. The number of ether oxygens (including phenoxy) is 1. The van der Waals surface area contributed by atoms with Crippen LogP contribution in [0.25, 0.3) is 0 Å². The van der Waals surface area contributed by atoms with E-state index in [-0.39, 0.29) is 0 Å². The van der Waals surface area contributed by atoms with Crippen molar-refractivity contribution >= 4 is 0 Å². The Morgan fingerprint density at radius 1 is 1.27 bits per heavy atom. The zero-order chi connectivity index (χ0) is 11.4. The fourth-order valence-corrected chi connectivity index (χ4v) is 1.86. The molecule has 0 saturated carbocycles. The molecule has 0 fully saturated rings. The van der Waals surface area contributed by atoms with Crippen molar-refractivity contribution in [2.45, 2.75) is 40.5 Å². The molecule has 0 amide bonds. The molecule has 0 unspecified atom stereocenters. The minimum absolute atomic E-state index is 0.386. The molecule has 0 aliphatic rings. The van der Waals surface area contributed by atoms with E-state index in [2.05, 4.69) is 6.92 Å². The van der Waals surface area contributed by atoms with E-state index in [1.807, 2.05) is 20.8 Å². The molecule has 1 N–H and O–H groups in total. The van der Waals surface area contributed by atoms with Crippen molar-refractivity contribution in [1.29, 1.82) is 0 Å². The molecule has 15 heavy (non-hydrogen) atoms. The SMILES string of the molecule is CCCOc1c(C)cc(O)c(CC)c1C. The first-order valence-electron chi connectivity index (χ1n) is 5.56. The van der Waals surface area contributed by atoms with Crippen LogP contribution in [0, 0.1) is 13.8 Å². The molecule has 1 aromatic rings. The van der Waals surface area contributed by atoms with Crippen LogP contribution >= 0.6 is 0 Å². The standard InChI is InChI=1S/C13H20O2/c1-5-7-15-13-9(3)8-12(14)11(6-2)10(13)4/h8,14H,5-7H2,1-4H3. The van der Waals surface area contributed by atoms with Crippen LogP contribution in [0.3, 0.4) is 0 Å². The molecule has 0 heterocycles. The normalized spacial score (nSPS) is 10.4. The summed E-state index contributed by atoms with van der Waals surface area (Å²) in [6, 6.07) is 1.79. The second-order valence-corrected chi connectivity index (χ2v) is 3.85. The van der Waals surface area contributed by atoms with Crippen molar-refractivity contribution in [3.8, 4) is 11.5 Å². The first kappa shape index (κ1) is 11.9. The Kier molecular flexibility index (Phi) is 4.01. The van der Waals surface area contributed by atoms with Gasteiger partial charge in [-0.15, -0.1) is 0 Å². The van der Waals surface area contributed by atoms with Gasteiger partial charge in [0.1, 0.15) is 11.5 Å². The van der Waals surface area contributed by atoms with E-state index in [1.165, 1.54) is 0 Å². The lowest BCUT2D eigenvalue weighted by Crippen LogP contribution is -2.01. The minimum atomic E-state index is 0.386. The molecule has 0 atom stereocenters. The molecule has 2 heteroatoms. The van der Waals surface area contributed by atoms with Crippen molar-refractivity contribution < 1.29 is 9.84 Å². The van der Waals surface area contributed by atoms with Gasteiger partial charge in [0.15, 0.2) is 0 Å². The van der Waals surface area contributed by atoms with Gasteiger partial charge in [0.2, 0.25) is 0 Å². The molecule has 0 saturated heterocycles. The van der Waals surface area contributed by atoms with Gasteiger partial charge in [-0.05, 0) is 43.9 Å². The summed E-state index contributed by atoms with van der Waals surface area (Å²) in [5.41, 5.74) is 3.07. The van der Waals surface area contributed by atoms with E-state index in [4.69, 9.17) is 4.74 Å². The molecule has 0 radical (unpaired) electrons. The van der Waals surface area contributed by atoms with Gasteiger partial charge in [-0.25, -0.2) is 0 Å². The van der Waals surface area contributed by atoms with Gasteiger partial charge >= 0.3 is 0 Å². The average molecular weight is 208 g/mol. The topological polar surface area (TPSA) is 29.5 Å². The highest BCUT2D eigenvalue weighted by molar-refractivity contribution is 5.52. The maximum atomic E-state index is 9.77. The summed E-state index contributed by atoms with van der Waals surface area (Å²) < 4.78 is 5.70. The van der Waals surface area contributed by atoms with Gasteiger partial charge in [-0.1, -0.05) is 13.8 Å². The Morgan fingerprint density at radius 3 is 2.47 bits per heavy atom. The average Bonchev–Trinajstić information content (AvgIpc) is 2.17. The Hall–Kier alpha value is -1.18. The summed E-state index contributed by atoms with van der Waals surface area (Å²) in [7, 11) is 0. The smallest absolute Gasteiger partial charge is 0.125 e. The molecule has 1 aromatic carbocycles. The largest absolute Gasteiger partial charge is 0.508 e. The van der Waals surface area contributed by atoms with Crippen LogP contribution in [-0.4, -0.2) is 11.7 Å². The zero-order valence-corrected chi connectivity index (χ0v) is 10.1. The predicted octanol–water partition coefficient (Wildman–Crippen LogP) is 3.36. The highest BCUT2D eigenvalue weighted by atomic mass is 16.5. The van der Waals surface area contributed by atoms with Crippen LogP contribution in [-0.2, 0) is 6.42 Å². The quantitative estimate of drug-likeness (QED) is 0.822. The highest BCUT2D eigenvalue weighted by Gasteiger charge is 2.12. The number of aryl methyl sites for hydroxylation is 1. The number of hydrogen-bond donors (Lipinski definition) is 1. The van der Waals surface area contributed by atoms with Crippen molar-refractivity contribution in [3.63, 3.8) is 0 Å². The van der Waals surface area contributed by atoms with Crippen LogP contribution in [0.5, 0.6) is 11.5 Å². The fraction of sp³-hybridized carbons (Fsp3) is 0.538. The van der Waals surface area contributed by atoms with E-state index in [0.29, 0.717) is 5.75 Å². The van der Waals surface area contributed by atoms with Crippen LogP contribution in [0.2, 0.25) is 0 Å². The Balaban J connectivity index is 3.14. The molecule has 0 aliphatic carbocycles. The Bertz CT molecular complexity index is 343. The summed E-state index contributed by atoms with van der Waals surface area (Å²) in [6.07, 6.45) is 1.83. The molecular weight excluding hydrogens is 188 g/mol. The van der Waals surface area contributed by atoms with Crippen molar-refractivity contribution in [3.05, 3.63) is 22.8 Å². The van der Waals surface area contributed by atoms with Crippen molar-refractivity contribution in [2.24, 2.45) is 0 Å². The molecule has 2 nitrogen and oxygen atoms in total. The highest BCUT2D eigenvalue weighted by Crippen LogP contribution is 2.33. The second kappa shape index (κ2) is 5.06. The number of rotatable bonds is 4. The van der Waals surface area contributed by atoms with E-state index in [0.717, 1.165) is 41.9 Å². The maximum Gasteiger partial charge on any atom is 0.125 e. The summed E-state index contributed by atoms with van der Waals surface area (Å²) in [5.74, 6) is 1.32.